The lowest BCUT2D eigenvalue weighted by molar-refractivity contribution is -0.195. The molecule has 0 bridgehead atoms. The second kappa shape index (κ2) is 5.21. The summed E-state index contributed by atoms with van der Waals surface area (Å²) in [5.74, 6) is 0.0406. The molecule has 0 atom stereocenters. The maximum Gasteiger partial charge on any atom is 0.376 e. The predicted octanol–water partition coefficient (Wildman–Crippen LogP) is 1.58. The van der Waals surface area contributed by atoms with Gasteiger partial charge in [-0.3, -0.25) is 4.89 Å². The second-order valence-electron chi connectivity index (χ2n) is 2.53. The predicted molar refractivity (Wildman–Crippen MR) is 51.4 cm³/mol. The molecule has 5 heteroatoms. The summed E-state index contributed by atoms with van der Waals surface area (Å²) in [5, 5.41) is 0. The molecular formula is C10H11O5. The van der Waals surface area contributed by atoms with E-state index in [1.807, 2.05) is 0 Å². The summed E-state index contributed by atoms with van der Waals surface area (Å²) in [5.41, 5.74) is 0.209. The van der Waals surface area contributed by atoms with Crippen molar-refractivity contribution in [3.63, 3.8) is 0 Å². The van der Waals surface area contributed by atoms with Crippen LogP contribution in [0.5, 0.6) is 11.5 Å². The van der Waals surface area contributed by atoms with E-state index in [-0.39, 0.29) is 5.56 Å². The molecule has 0 spiro atoms. The third-order valence-electron chi connectivity index (χ3n) is 1.76. The van der Waals surface area contributed by atoms with Crippen molar-refractivity contribution >= 4 is 5.97 Å². The molecule has 81 valence electrons. The average molecular weight is 211 g/mol. The molecule has 1 radical (unpaired) electrons. The second-order valence-corrected chi connectivity index (χ2v) is 2.53. The van der Waals surface area contributed by atoms with Crippen LogP contribution < -0.4 is 9.47 Å². The Labute approximate surface area is 87.4 Å². The Bertz CT molecular complexity index is 348. The van der Waals surface area contributed by atoms with Gasteiger partial charge in [0.05, 0.1) is 14.2 Å². The van der Waals surface area contributed by atoms with Crippen LogP contribution in [-0.4, -0.2) is 20.2 Å². The fraction of sp³-hybridized carbons (Fsp3) is 0.200. The van der Waals surface area contributed by atoms with Gasteiger partial charge < -0.3 is 9.47 Å². The molecule has 15 heavy (non-hydrogen) atoms. The monoisotopic (exact) mass is 211 g/mol. The zero-order chi connectivity index (χ0) is 11.3. The lowest BCUT2D eigenvalue weighted by Gasteiger charge is -2.10. The molecule has 0 aliphatic carbocycles. The van der Waals surface area contributed by atoms with E-state index in [0.29, 0.717) is 11.5 Å². The smallest absolute Gasteiger partial charge is 0.376 e. The largest absolute Gasteiger partial charge is 0.493 e. The highest BCUT2D eigenvalue weighted by atomic mass is 17.2. The lowest BCUT2D eigenvalue weighted by Crippen LogP contribution is -2.06. The number of para-hydroxylation sites is 1. The summed E-state index contributed by atoms with van der Waals surface area (Å²) in [6, 6.07) is 4.84. The molecule has 0 aliphatic heterocycles. The van der Waals surface area contributed by atoms with Crippen molar-refractivity contribution in [1.82, 2.24) is 0 Å². The highest BCUT2D eigenvalue weighted by Crippen LogP contribution is 2.30. The molecule has 0 saturated carbocycles. The first kappa shape index (κ1) is 11.3. The summed E-state index contributed by atoms with van der Waals surface area (Å²) >= 11 is 0. The number of ether oxygens (including phenoxy) is 2. The topological polar surface area (TPSA) is 54.0 Å². The average Bonchev–Trinajstić information content (AvgIpc) is 2.28. The molecule has 0 aliphatic rings. The van der Waals surface area contributed by atoms with Crippen LogP contribution in [0.25, 0.3) is 0 Å². The van der Waals surface area contributed by atoms with E-state index < -0.39 is 5.97 Å². The molecule has 0 amide bonds. The SMILES string of the molecule is [CH2]OOC(=O)c1cccc(OC)c1OC. The van der Waals surface area contributed by atoms with Gasteiger partial charge in [-0.1, -0.05) is 6.07 Å². The third kappa shape index (κ3) is 2.38. The molecule has 0 N–H and O–H groups in total. The van der Waals surface area contributed by atoms with Gasteiger partial charge in [0.15, 0.2) is 11.5 Å². The molecule has 0 heterocycles. The maximum absolute atomic E-state index is 11.4. The Kier molecular flexibility index (Phi) is 3.93. The van der Waals surface area contributed by atoms with E-state index in [2.05, 4.69) is 16.9 Å². The number of hydrogen-bond acceptors (Lipinski definition) is 5. The Morgan fingerprint density at radius 2 is 2.00 bits per heavy atom. The van der Waals surface area contributed by atoms with Gasteiger partial charge in [-0.05, 0) is 12.1 Å². The zero-order valence-corrected chi connectivity index (χ0v) is 8.48. The molecule has 1 aromatic rings. The lowest BCUT2D eigenvalue weighted by atomic mass is 10.2. The first-order chi connectivity index (χ1) is 7.24. The Morgan fingerprint density at radius 1 is 1.27 bits per heavy atom. The number of carbonyl (C=O) groups excluding carboxylic acids is 1. The fourth-order valence-corrected chi connectivity index (χ4v) is 1.15. The normalized spacial score (nSPS) is 9.53. The number of hydrogen-bond donors (Lipinski definition) is 0. The Morgan fingerprint density at radius 3 is 2.53 bits per heavy atom. The molecule has 0 aromatic heterocycles. The van der Waals surface area contributed by atoms with E-state index >= 15 is 0 Å². The fourth-order valence-electron chi connectivity index (χ4n) is 1.15. The molecule has 5 nitrogen and oxygen atoms in total. The van der Waals surface area contributed by atoms with Gasteiger partial charge in [0.1, 0.15) is 12.7 Å². The molecule has 0 fully saturated rings. The van der Waals surface area contributed by atoms with Gasteiger partial charge in [0.2, 0.25) is 0 Å². The quantitative estimate of drug-likeness (QED) is 0.559. The summed E-state index contributed by atoms with van der Waals surface area (Å²) in [7, 11) is 5.84. The van der Waals surface area contributed by atoms with Crippen LogP contribution in [0.1, 0.15) is 10.4 Å². The van der Waals surface area contributed by atoms with Crippen molar-refractivity contribution in [3.05, 3.63) is 30.9 Å². The molecule has 0 saturated heterocycles. The van der Waals surface area contributed by atoms with Gasteiger partial charge in [-0.2, -0.15) is 4.89 Å². The van der Waals surface area contributed by atoms with Crippen LogP contribution in [0, 0.1) is 7.11 Å². The maximum atomic E-state index is 11.4. The van der Waals surface area contributed by atoms with Gasteiger partial charge in [-0.15, -0.1) is 0 Å². The van der Waals surface area contributed by atoms with Crippen LogP contribution in [-0.2, 0) is 9.78 Å². The minimum Gasteiger partial charge on any atom is -0.493 e. The van der Waals surface area contributed by atoms with Gasteiger partial charge in [-0.25, -0.2) is 4.79 Å². The number of carbonyl (C=O) groups is 1. The van der Waals surface area contributed by atoms with E-state index in [0.717, 1.165) is 0 Å². The van der Waals surface area contributed by atoms with Crippen LogP contribution in [0.4, 0.5) is 0 Å². The molecular weight excluding hydrogens is 200 g/mol. The summed E-state index contributed by atoms with van der Waals surface area (Å²) in [6.45, 7) is 0. The van der Waals surface area contributed by atoms with Crippen LogP contribution in [0.2, 0.25) is 0 Å². The van der Waals surface area contributed by atoms with Crippen LogP contribution in [0.3, 0.4) is 0 Å². The van der Waals surface area contributed by atoms with Gasteiger partial charge >= 0.3 is 5.97 Å². The Balaban J connectivity index is 3.11. The first-order valence-corrected chi connectivity index (χ1v) is 4.08. The summed E-state index contributed by atoms with van der Waals surface area (Å²) in [6.07, 6.45) is 0. The number of benzene rings is 1. The highest BCUT2D eigenvalue weighted by Gasteiger charge is 2.17. The molecule has 1 rings (SSSR count). The van der Waals surface area contributed by atoms with E-state index in [4.69, 9.17) is 9.47 Å². The van der Waals surface area contributed by atoms with Crippen molar-refractivity contribution in [3.8, 4) is 11.5 Å². The van der Waals surface area contributed by atoms with Crippen molar-refractivity contribution in [1.29, 1.82) is 0 Å². The number of rotatable bonds is 4. The van der Waals surface area contributed by atoms with Gasteiger partial charge in [0, 0.05) is 0 Å². The molecule has 0 unspecified atom stereocenters. The summed E-state index contributed by atoms with van der Waals surface area (Å²) in [4.78, 5) is 19.7. The van der Waals surface area contributed by atoms with Gasteiger partial charge in [0.25, 0.3) is 0 Å². The van der Waals surface area contributed by atoms with Crippen molar-refractivity contribution in [2.24, 2.45) is 0 Å². The third-order valence-corrected chi connectivity index (χ3v) is 1.76. The molecule has 1 aromatic carbocycles. The van der Waals surface area contributed by atoms with Crippen LogP contribution >= 0.6 is 0 Å². The van der Waals surface area contributed by atoms with Crippen molar-refractivity contribution in [2.75, 3.05) is 14.2 Å². The minimum absolute atomic E-state index is 0.209. The highest BCUT2D eigenvalue weighted by molar-refractivity contribution is 5.93. The van der Waals surface area contributed by atoms with E-state index in [9.17, 15) is 4.79 Å². The van der Waals surface area contributed by atoms with Crippen LogP contribution in [0.15, 0.2) is 18.2 Å². The van der Waals surface area contributed by atoms with E-state index in [1.165, 1.54) is 20.3 Å². The van der Waals surface area contributed by atoms with Crippen molar-refractivity contribution < 1.29 is 24.0 Å². The Hall–Kier alpha value is -1.75. The summed E-state index contributed by atoms with van der Waals surface area (Å²) < 4.78 is 10.0. The van der Waals surface area contributed by atoms with E-state index in [1.54, 1.807) is 12.1 Å². The number of methoxy groups -OCH3 is 2. The minimum atomic E-state index is -0.694. The first-order valence-electron chi connectivity index (χ1n) is 4.08. The van der Waals surface area contributed by atoms with Crippen molar-refractivity contribution in [2.45, 2.75) is 0 Å². The standard InChI is InChI=1S/C10H11O5/c1-12-8-6-4-5-7(9(8)13-2)10(11)15-14-3/h4-6H,3H2,1-2H3. The zero-order valence-electron chi connectivity index (χ0n) is 8.48.